The number of thiol groups is 1. The Hall–Kier alpha value is -1.78. The second-order valence-corrected chi connectivity index (χ2v) is 12.3. The Bertz CT molecular complexity index is 901. The van der Waals surface area contributed by atoms with E-state index in [9.17, 15) is 8.42 Å². The first kappa shape index (κ1) is 19.5. The summed E-state index contributed by atoms with van der Waals surface area (Å²) in [7, 11) is -3.75. The van der Waals surface area contributed by atoms with Crippen LogP contribution in [-0.2, 0) is 9.84 Å². The van der Waals surface area contributed by atoms with Crippen molar-refractivity contribution < 1.29 is 8.42 Å². The van der Waals surface area contributed by atoms with Crippen LogP contribution in [0.15, 0.2) is 93.6 Å². The van der Waals surface area contributed by atoms with Crippen LogP contribution in [0.3, 0.4) is 0 Å². The highest BCUT2D eigenvalue weighted by molar-refractivity contribution is 8.20. The first-order chi connectivity index (χ1) is 13.7. The van der Waals surface area contributed by atoms with Crippen molar-refractivity contribution in [3.8, 4) is 0 Å². The molecule has 0 bridgehead atoms. The molecule has 1 fully saturated rings. The van der Waals surface area contributed by atoms with Crippen molar-refractivity contribution in [2.24, 2.45) is 0 Å². The van der Waals surface area contributed by atoms with Crippen LogP contribution in [0, 0.1) is 0 Å². The van der Waals surface area contributed by atoms with E-state index in [-0.39, 0.29) is 10.5 Å². The van der Waals surface area contributed by atoms with Crippen molar-refractivity contribution in [1.82, 2.24) is 0 Å². The molecule has 2 aromatic rings. The molecule has 0 heterocycles. The molecule has 0 amide bonds. The van der Waals surface area contributed by atoms with Gasteiger partial charge >= 0.3 is 0 Å². The molecular weight excluding hydrogens is 384 g/mol. The zero-order valence-corrected chi connectivity index (χ0v) is 17.8. The fourth-order valence-electron chi connectivity index (χ4n) is 4.24. The van der Waals surface area contributed by atoms with Gasteiger partial charge in [0.25, 0.3) is 0 Å². The Kier molecular flexibility index (Phi) is 6.07. The van der Waals surface area contributed by atoms with Crippen LogP contribution in [0.2, 0.25) is 0 Å². The van der Waals surface area contributed by atoms with E-state index in [1.54, 1.807) is 0 Å². The van der Waals surface area contributed by atoms with E-state index in [0.717, 1.165) is 25.7 Å². The lowest BCUT2D eigenvalue weighted by Gasteiger charge is -2.29. The van der Waals surface area contributed by atoms with Gasteiger partial charge in [-0.2, -0.15) is 10.9 Å². The number of hydrogen-bond donors (Lipinski definition) is 1. The fourth-order valence-corrected chi connectivity index (χ4v) is 8.75. The van der Waals surface area contributed by atoms with Gasteiger partial charge < -0.3 is 0 Å². The lowest BCUT2D eigenvalue weighted by Crippen LogP contribution is -2.33. The summed E-state index contributed by atoms with van der Waals surface area (Å²) in [6.07, 6.45) is 11.8. The van der Waals surface area contributed by atoms with Crippen LogP contribution in [0.4, 0.5) is 0 Å². The largest absolute Gasteiger partial charge is 0.228 e. The highest BCUT2D eigenvalue weighted by Crippen LogP contribution is 2.52. The summed E-state index contributed by atoms with van der Waals surface area (Å²) in [6, 6.07) is 21.1. The van der Waals surface area contributed by atoms with Crippen molar-refractivity contribution >= 4 is 20.7 Å². The van der Waals surface area contributed by atoms with Crippen LogP contribution >= 0.6 is 10.9 Å². The van der Waals surface area contributed by atoms with Gasteiger partial charge in [0.05, 0.1) is 10.5 Å². The topological polar surface area (TPSA) is 34.1 Å². The maximum absolute atomic E-state index is 13.1. The molecule has 0 N–H and O–H groups in total. The summed E-state index contributed by atoms with van der Waals surface area (Å²) < 4.78 is 26.2. The molecule has 2 aliphatic rings. The number of allylic oxidation sites excluding steroid dienone is 2. The Balaban J connectivity index is 1.59. The first-order valence-electron chi connectivity index (χ1n) is 10.2. The standard InChI is InChI=1S/C24H28O2S2/c25-28(26,23-14-8-3-9-15-23)24-18-16-22(17-19-24)27(20-10-4-1-5-11-20)21-12-6-2-7-13-21/h1-2,4-7,10-13,16-18,23-24,27H,3,8-9,14-15,19H2. The zero-order valence-electron chi connectivity index (χ0n) is 16.1. The first-order valence-corrected chi connectivity index (χ1v) is 13.1. The average molecular weight is 413 g/mol. The van der Waals surface area contributed by atoms with Crippen molar-refractivity contribution in [2.75, 3.05) is 0 Å². The predicted molar refractivity (Wildman–Crippen MR) is 120 cm³/mol. The van der Waals surface area contributed by atoms with Crippen molar-refractivity contribution in [1.29, 1.82) is 0 Å². The third-order valence-electron chi connectivity index (χ3n) is 5.77. The Morgan fingerprint density at radius 3 is 1.86 bits per heavy atom. The molecule has 1 unspecified atom stereocenters. The molecule has 1 atom stereocenters. The minimum absolute atomic E-state index is 0.143. The lowest BCUT2D eigenvalue weighted by molar-refractivity contribution is 0.480. The van der Waals surface area contributed by atoms with Crippen LogP contribution < -0.4 is 0 Å². The molecule has 28 heavy (non-hydrogen) atoms. The molecule has 2 aliphatic carbocycles. The third-order valence-corrected chi connectivity index (χ3v) is 10.8. The maximum Gasteiger partial charge on any atom is 0.159 e. The SMILES string of the molecule is O=S(=O)(C1C=CC([SH](c2ccccc2)c2ccccc2)=CC1)C1CCCCC1. The van der Waals surface area contributed by atoms with Crippen molar-refractivity contribution in [3.05, 3.63) is 83.8 Å². The number of rotatable bonds is 5. The zero-order chi connectivity index (χ0) is 19.4. The van der Waals surface area contributed by atoms with Gasteiger partial charge in [-0.3, -0.25) is 0 Å². The van der Waals surface area contributed by atoms with E-state index < -0.39 is 20.7 Å². The van der Waals surface area contributed by atoms with Gasteiger partial charge in [0.1, 0.15) is 0 Å². The number of hydrogen-bond acceptors (Lipinski definition) is 2. The average Bonchev–Trinajstić information content (AvgIpc) is 2.76. The van der Waals surface area contributed by atoms with E-state index in [2.05, 4.69) is 60.7 Å². The second-order valence-electron chi connectivity index (χ2n) is 7.62. The molecule has 0 aliphatic heterocycles. The molecule has 1 saturated carbocycles. The third kappa shape index (κ3) is 4.13. The van der Waals surface area contributed by atoms with Gasteiger partial charge in [0.15, 0.2) is 9.84 Å². The van der Waals surface area contributed by atoms with Crippen LogP contribution in [-0.4, -0.2) is 18.9 Å². The summed E-state index contributed by atoms with van der Waals surface area (Å²) in [5, 5.41) is -0.502. The molecule has 0 saturated heterocycles. The fraction of sp³-hybridized carbons (Fsp3) is 0.333. The van der Waals surface area contributed by atoms with E-state index in [1.807, 2.05) is 18.2 Å². The Morgan fingerprint density at radius 1 is 0.786 bits per heavy atom. The quantitative estimate of drug-likeness (QED) is 0.605. The molecule has 0 radical (unpaired) electrons. The molecule has 4 rings (SSSR count). The second kappa shape index (κ2) is 8.71. The Labute approximate surface area is 171 Å². The summed E-state index contributed by atoms with van der Waals surface area (Å²) in [4.78, 5) is 3.85. The number of benzene rings is 2. The summed E-state index contributed by atoms with van der Waals surface area (Å²) in [6.45, 7) is 0. The monoisotopic (exact) mass is 412 g/mol. The van der Waals surface area contributed by atoms with Crippen LogP contribution in [0.5, 0.6) is 0 Å². The molecule has 2 nitrogen and oxygen atoms in total. The van der Waals surface area contributed by atoms with E-state index in [0.29, 0.717) is 6.42 Å². The molecule has 0 spiro atoms. The van der Waals surface area contributed by atoms with Gasteiger partial charge in [0, 0.05) is 0 Å². The van der Waals surface area contributed by atoms with Gasteiger partial charge in [0.2, 0.25) is 0 Å². The molecule has 4 heteroatoms. The highest BCUT2D eigenvalue weighted by Gasteiger charge is 2.34. The van der Waals surface area contributed by atoms with Crippen LogP contribution in [0.1, 0.15) is 38.5 Å². The maximum atomic E-state index is 13.1. The van der Waals surface area contributed by atoms with Crippen LogP contribution in [0.25, 0.3) is 0 Å². The molecule has 0 aromatic heterocycles. The molecule has 148 valence electrons. The van der Waals surface area contributed by atoms with Gasteiger partial charge in [-0.05, 0) is 58.2 Å². The molecule has 2 aromatic carbocycles. The summed E-state index contributed by atoms with van der Waals surface area (Å²) in [5.41, 5.74) is 0. The Morgan fingerprint density at radius 2 is 1.36 bits per heavy atom. The van der Waals surface area contributed by atoms with E-state index in [4.69, 9.17) is 0 Å². The van der Waals surface area contributed by atoms with Gasteiger partial charge in [-0.15, -0.1) is 0 Å². The predicted octanol–water partition coefficient (Wildman–Crippen LogP) is 6.07. The minimum Gasteiger partial charge on any atom is -0.228 e. The van der Waals surface area contributed by atoms with Gasteiger partial charge in [-0.1, -0.05) is 73.9 Å². The number of sulfone groups is 1. The van der Waals surface area contributed by atoms with Crippen molar-refractivity contribution in [3.63, 3.8) is 0 Å². The summed E-state index contributed by atoms with van der Waals surface area (Å²) >= 11 is 0. The highest BCUT2D eigenvalue weighted by atomic mass is 32.2. The summed E-state index contributed by atoms with van der Waals surface area (Å²) in [5.74, 6) is 0. The van der Waals surface area contributed by atoms with E-state index in [1.165, 1.54) is 21.1 Å². The lowest BCUT2D eigenvalue weighted by atomic mass is 10.0. The van der Waals surface area contributed by atoms with Gasteiger partial charge in [-0.25, -0.2) is 8.42 Å². The smallest absolute Gasteiger partial charge is 0.159 e. The van der Waals surface area contributed by atoms with Crippen molar-refractivity contribution in [2.45, 2.75) is 58.8 Å². The molecular formula is C24H28O2S2. The normalized spacial score (nSPS) is 21.2. The minimum atomic E-state index is -3.09. The van der Waals surface area contributed by atoms with E-state index >= 15 is 0 Å².